The summed E-state index contributed by atoms with van der Waals surface area (Å²) in [5.41, 5.74) is 2.67. The van der Waals surface area contributed by atoms with Crippen LogP contribution in [0.5, 0.6) is 5.75 Å². The van der Waals surface area contributed by atoms with Gasteiger partial charge in [-0.1, -0.05) is 18.2 Å². The predicted octanol–water partition coefficient (Wildman–Crippen LogP) is 5.55. The highest BCUT2D eigenvalue weighted by Crippen LogP contribution is 2.35. The van der Waals surface area contributed by atoms with Crippen LogP contribution < -0.4 is 5.32 Å². The summed E-state index contributed by atoms with van der Waals surface area (Å²) in [5, 5.41) is 22.4. The molecular formula is C36H45Br2N5O7. The number of nitrogens with one attached hydrogen (secondary N) is 1. The molecule has 0 aliphatic carbocycles. The van der Waals surface area contributed by atoms with E-state index in [2.05, 4.69) is 37.2 Å². The number of hydrogen-bond donors (Lipinski definition) is 3. The lowest BCUT2D eigenvalue weighted by Crippen LogP contribution is -2.52. The van der Waals surface area contributed by atoms with Crippen LogP contribution in [0.1, 0.15) is 49.7 Å². The molecule has 2 aromatic carbocycles. The van der Waals surface area contributed by atoms with Crippen molar-refractivity contribution in [3.05, 3.63) is 56.5 Å². The van der Waals surface area contributed by atoms with Crippen molar-refractivity contribution in [3.8, 4) is 5.75 Å². The van der Waals surface area contributed by atoms with Gasteiger partial charge >= 0.3 is 18.1 Å². The first kappa shape index (κ1) is 36.4. The van der Waals surface area contributed by atoms with Crippen molar-refractivity contribution in [1.82, 2.24) is 19.6 Å². The van der Waals surface area contributed by atoms with Gasteiger partial charge in [0.15, 0.2) is 6.10 Å². The second kappa shape index (κ2) is 16.3. The summed E-state index contributed by atoms with van der Waals surface area (Å²) < 4.78 is 6.97. The number of rotatable bonds is 8. The molecule has 4 aliphatic rings. The summed E-state index contributed by atoms with van der Waals surface area (Å²) in [6.07, 6.45) is 4.17. The molecule has 270 valence electrons. The number of urea groups is 1. The molecule has 1 atom stereocenters. The number of hydrogen-bond acceptors (Lipinski definition) is 7. The van der Waals surface area contributed by atoms with Crippen LogP contribution in [-0.2, 0) is 27.2 Å². The molecule has 14 heteroatoms. The predicted molar refractivity (Wildman–Crippen MR) is 194 cm³/mol. The first-order chi connectivity index (χ1) is 24.0. The summed E-state index contributed by atoms with van der Waals surface area (Å²) in [5.74, 6) is 0.00277. The van der Waals surface area contributed by atoms with Crippen LogP contribution in [0.25, 0.3) is 0 Å². The Kier molecular flexibility index (Phi) is 11.9. The zero-order chi connectivity index (χ0) is 35.4. The van der Waals surface area contributed by atoms with Gasteiger partial charge in [0, 0.05) is 50.9 Å². The van der Waals surface area contributed by atoms with Crippen LogP contribution in [-0.4, -0.2) is 118 Å². The molecule has 3 fully saturated rings. The third-order valence-electron chi connectivity index (χ3n) is 10.8. The molecule has 0 aromatic heterocycles. The average Bonchev–Trinajstić information content (AvgIpc) is 3.28. The first-order valence-electron chi connectivity index (χ1n) is 17.6. The number of aromatic hydroxyl groups is 1. The number of fused-ring (bicyclic) bond motifs is 1. The Morgan fingerprint density at radius 3 is 2.10 bits per heavy atom. The van der Waals surface area contributed by atoms with E-state index in [-0.39, 0.29) is 36.7 Å². The summed E-state index contributed by atoms with van der Waals surface area (Å²) in [6, 6.07) is 11.2. The molecule has 4 aliphatic heterocycles. The van der Waals surface area contributed by atoms with Gasteiger partial charge < -0.3 is 35.0 Å². The minimum absolute atomic E-state index is 0.0109. The van der Waals surface area contributed by atoms with E-state index in [4.69, 9.17) is 9.84 Å². The van der Waals surface area contributed by atoms with E-state index in [0.717, 1.165) is 62.0 Å². The Labute approximate surface area is 309 Å². The number of carboxylic acid groups (broad SMARTS) is 1. The highest BCUT2D eigenvalue weighted by atomic mass is 79.9. The summed E-state index contributed by atoms with van der Waals surface area (Å²) in [6.45, 7) is 4.21. The Hall–Kier alpha value is -3.36. The number of aliphatic carboxylic acids is 1. The normalized spacial score (nSPS) is 20.5. The quantitative estimate of drug-likeness (QED) is 0.315. The van der Waals surface area contributed by atoms with Crippen molar-refractivity contribution in [2.45, 2.75) is 63.5 Å². The van der Waals surface area contributed by atoms with Gasteiger partial charge in [-0.05, 0) is 131 Å². The van der Waals surface area contributed by atoms with Crippen molar-refractivity contribution >= 4 is 61.5 Å². The maximum Gasteiger partial charge on any atom is 0.410 e. The number of piperidine rings is 3. The fourth-order valence-electron chi connectivity index (χ4n) is 7.99. The number of carbonyl (C=O) groups is 4. The number of halogens is 2. The van der Waals surface area contributed by atoms with Gasteiger partial charge in [-0.15, -0.1) is 0 Å². The third-order valence-corrected chi connectivity index (χ3v) is 12.0. The lowest BCUT2D eigenvalue weighted by molar-refractivity contribution is -0.142. The van der Waals surface area contributed by atoms with Crippen molar-refractivity contribution in [1.29, 1.82) is 0 Å². The summed E-state index contributed by atoms with van der Waals surface area (Å²) in [7, 11) is 0. The molecule has 50 heavy (non-hydrogen) atoms. The van der Waals surface area contributed by atoms with Gasteiger partial charge in [-0.25, -0.2) is 9.59 Å². The standard InChI is InChI=1S/C36H45Br2N5O7/c37-28-19-23(20-29(38)33(28)46)21-31(34(47)41-14-7-25(8-15-41)24-5-12-40(13-6-24)22-32(44)45)50-36(49)42-16-10-27(11-17-42)43-18-9-26-3-1-2-4-30(26)39-35(43)48/h1-4,19-20,24-25,27,31,46H,5-18,21-22H2,(H,39,48)(H,44,45)/t31-/m1/s1. The summed E-state index contributed by atoms with van der Waals surface area (Å²) in [4.78, 5) is 59.2. The van der Waals surface area contributed by atoms with Crippen LogP contribution in [0.3, 0.4) is 0 Å². The third kappa shape index (κ3) is 8.74. The molecule has 6 rings (SSSR count). The van der Waals surface area contributed by atoms with Crippen LogP contribution in [0, 0.1) is 11.8 Å². The number of carboxylic acids is 1. The fraction of sp³-hybridized carbons (Fsp3) is 0.556. The Balaban J connectivity index is 1.06. The molecule has 0 saturated carbocycles. The number of benzene rings is 2. The van der Waals surface area contributed by atoms with E-state index in [1.54, 1.807) is 21.9 Å². The van der Waals surface area contributed by atoms with E-state index in [9.17, 15) is 24.3 Å². The van der Waals surface area contributed by atoms with Crippen molar-refractivity contribution in [2.75, 3.05) is 57.7 Å². The minimum atomic E-state index is -1.05. The van der Waals surface area contributed by atoms with Gasteiger partial charge in [-0.3, -0.25) is 14.5 Å². The van der Waals surface area contributed by atoms with Gasteiger partial charge in [0.1, 0.15) is 5.75 Å². The lowest BCUT2D eigenvalue weighted by atomic mass is 9.78. The molecule has 0 unspecified atom stereocenters. The van der Waals surface area contributed by atoms with Gasteiger partial charge in [0.25, 0.3) is 5.91 Å². The van der Waals surface area contributed by atoms with E-state index >= 15 is 0 Å². The molecule has 3 saturated heterocycles. The van der Waals surface area contributed by atoms with Crippen molar-refractivity contribution in [2.24, 2.45) is 11.8 Å². The lowest BCUT2D eigenvalue weighted by Gasteiger charge is -2.41. The Bertz CT molecular complexity index is 1550. The Morgan fingerprint density at radius 2 is 1.46 bits per heavy atom. The second-order valence-electron chi connectivity index (χ2n) is 13.9. The molecule has 0 spiro atoms. The maximum absolute atomic E-state index is 14.1. The summed E-state index contributed by atoms with van der Waals surface area (Å²) >= 11 is 6.75. The van der Waals surface area contributed by atoms with E-state index in [1.165, 1.54) is 0 Å². The van der Waals surface area contributed by atoms with E-state index in [0.29, 0.717) is 66.3 Å². The number of para-hydroxylation sites is 1. The molecule has 4 heterocycles. The zero-order valence-electron chi connectivity index (χ0n) is 28.1. The zero-order valence-corrected chi connectivity index (χ0v) is 31.2. The Morgan fingerprint density at radius 1 is 0.860 bits per heavy atom. The topological polar surface area (TPSA) is 143 Å². The number of phenolic OH excluding ortho intramolecular Hbond substituents is 1. The largest absolute Gasteiger partial charge is 0.506 e. The molecule has 0 bridgehead atoms. The minimum Gasteiger partial charge on any atom is -0.506 e. The highest BCUT2D eigenvalue weighted by molar-refractivity contribution is 9.11. The number of anilines is 1. The second-order valence-corrected chi connectivity index (χ2v) is 15.6. The van der Waals surface area contributed by atoms with Crippen molar-refractivity contribution in [3.63, 3.8) is 0 Å². The number of carbonyl (C=O) groups excluding carboxylic acids is 3. The SMILES string of the molecule is O=C(O)CN1CCC(C2CCN(C(=O)[C@@H](Cc3cc(Br)c(O)c(Br)c3)OC(=O)N3CCC(N4CCc5ccccc5NC4=O)CC3)CC2)CC1. The maximum atomic E-state index is 14.1. The molecule has 3 N–H and O–H groups in total. The monoisotopic (exact) mass is 817 g/mol. The smallest absolute Gasteiger partial charge is 0.410 e. The molecule has 0 radical (unpaired) electrons. The van der Waals surface area contributed by atoms with Crippen LogP contribution in [0.2, 0.25) is 0 Å². The highest BCUT2D eigenvalue weighted by Gasteiger charge is 2.37. The molecular weight excluding hydrogens is 774 g/mol. The van der Waals surface area contributed by atoms with Gasteiger partial charge in [0.05, 0.1) is 15.5 Å². The molecule has 2 aromatic rings. The molecule has 4 amide bonds. The number of amides is 4. The van der Waals surface area contributed by atoms with Gasteiger partial charge in [-0.2, -0.15) is 0 Å². The molecule has 12 nitrogen and oxygen atoms in total. The number of ether oxygens (including phenoxy) is 1. The van der Waals surface area contributed by atoms with Gasteiger partial charge in [0.2, 0.25) is 0 Å². The van der Waals surface area contributed by atoms with E-state index in [1.807, 2.05) is 34.1 Å². The number of phenols is 1. The number of likely N-dealkylation sites (tertiary alicyclic amines) is 3. The first-order valence-corrected chi connectivity index (χ1v) is 19.1. The number of nitrogens with zero attached hydrogens (tertiary/aromatic N) is 4. The van der Waals surface area contributed by atoms with Crippen LogP contribution in [0.4, 0.5) is 15.3 Å². The average molecular weight is 820 g/mol. The fourth-order valence-corrected chi connectivity index (χ4v) is 9.27. The van der Waals surface area contributed by atoms with E-state index < -0.39 is 18.2 Å². The van der Waals surface area contributed by atoms with Crippen LogP contribution >= 0.6 is 31.9 Å². The van der Waals surface area contributed by atoms with Crippen molar-refractivity contribution < 1.29 is 34.1 Å². The van der Waals surface area contributed by atoms with Crippen LogP contribution in [0.15, 0.2) is 45.3 Å².